The lowest BCUT2D eigenvalue weighted by molar-refractivity contribution is -0.119. The van der Waals surface area contributed by atoms with E-state index in [9.17, 15) is 9.59 Å². The maximum atomic E-state index is 12.1. The highest BCUT2D eigenvalue weighted by Crippen LogP contribution is 2.16. The van der Waals surface area contributed by atoms with Gasteiger partial charge in [-0.1, -0.05) is 0 Å². The first-order valence-electron chi connectivity index (χ1n) is 5.06. The van der Waals surface area contributed by atoms with E-state index in [1.54, 1.807) is 5.38 Å². The van der Waals surface area contributed by atoms with Crippen molar-refractivity contribution in [3.05, 3.63) is 21.9 Å². The zero-order valence-electron chi connectivity index (χ0n) is 9.69. The average Bonchev–Trinajstić information content (AvgIpc) is 2.59. The first-order chi connectivity index (χ1) is 7.41. The van der Waals surface area contributed by atoms with E-state index in [1.165, 1.54) is 16.2 Å². The molecule has 1 heterocycles. The van der Waals surface area contributed by atoms with Crippen LogP contribution >= 0.6 is 11.3 Å². The minimum atomic E-state index is -0.492. The van der Waals surface area contributed by atoms with E-state index in [0.29, 0.717) is 5.56 Å². The number of nitrogens with zero attached hydrogens (tertiary/aromatic N) is 1. The molecule has 5 heteroatoms. The number of thiophene rings is 1. The maximum Gasteiger partial charge on any atom is 0.255 e. The number of carbonyl (C=O) groups excluding carboxylic acids is 2. The molecule has 4 nitrogen and oxygen atoms in total. The number of primary amides is 1. The van der Waals surface area contributed by atoms with Crippen molar-refractivity contribution in [2.45, 2.75) is 26.8 Å². The van der Waals surface area contributed by atoms with Gasteiger partial charge in [-0.3, -0.25) is 9.59 Å². The van der Waals surface area contributed by atoms with Crippen LogP contribution in [0.4, 0.5) is 0 Å². The van der Waals surface area contributed by atoms with Gasteiger partial charge in [0.05, 0.1) is 12.1 Å². The van der Waals surface area contributed by atoms with E-state index in [-0.39, 0.29) is 18.5 Å². The Morgan fingerprint density at radius 2 is 2.12 bits per heavy atom. The molecule has 0 atom stereocenters. The van der Waals surface area contributed by atoms with E-state index >= 15 is 0 Å². The SMILES string of the molecule is Cc1cc(C(=O)N(CC(N)=O)C(C)C)cs1. The number of nitrogens with two attached hydrogens (primary N) is 1. The molecule has 2 amide bonds. The third kappa shape index (κ3) is 3.06. The molecule has 1 rings (SSSR count). The van der Waals surface area contributed by atoms with Crippen molar-refractivity contribution >= 4 is 23.2 Å². The predicted molar refractivity (Wildman–Crippen MR) is 64.4 cm³/mol. The highest BCUT2D eigenvalue weighted by Gasteiger charge is 2.20. The summed E-state index contributed by atoms with van der Waals surface area (Å²) >= 11 is 1.52. The highest BCUT2D eigenvalue weighted by atomic mass is 32.1. The second-order valence-electron chi connectivity index (χ2n) is 3.94. The Hall–Kier alpha value is -1.36. The first-order valence-corrected chi connectivity index (χ1v) is 5.94. The van der Waals surface area contributed by atoms with Gasteiger partial charge in [0.2, 0.25) is 5.91 Å². The Morgan fingerprint density at radius 1 is 1.50 bits per heavy atom. The van der Waals surface area contributed by atoms with Crippen LogP contribution in [0, 0.1) is 6.92 Å². The van der Waals surface area contributed by atoms with Gasteiger partial charge in [-0.25, -0.2) is 0 Å². The smallest absolute Gasteiger partial charge is 0.255 e. The fourth-order valence-electron chi connectivity index (χ4n) is 1.38. The molecule has 0 radical (unpaired) electrons. The second-order valence-corrected chi connectivity index (χ2v) is 5.05. The molecule has 0 fully saturated rings. The zero-order chi connectivity index (χ0) is 12.3. The normalized spacial score (nSPS) is 10.5. The van der Waals surface area contributed by atoms with Crippen LogP contribution in [-0.2, 0) is 4.79 Å². The molecule has 0 unspecified atom stereocenters. The van der Waals surface area contributed by atoms with Crippen LogP contribution in [0.25, 0.3) is 0 Å². The summed E-state index contributed by atoms with van der Waals surface area (Å²) in [5, 5.41) is 1.80. The van der Waals surface area contributed by atoms with Crippen molar-refractivity contribution in [2.75, 3.05) is 6.54 Å². The number of hydrogen-bond acceptors (Lipinski definition) is 3. The number of aryl methyl sites for hydroxylation is 1. The molecule has 1 aromatic rings. The lowest BCUT2D eigenvalue weighted by atomic mass is 10.2. The van der Waals surface area contributed by atoms with Gasteiger partial charge in [0, 0.05) is 16.3 Å². The summed E-state index contributed by atoms with van der Waals surface area (Å²) in [4.78, 5) is 25.5. The molecular weight excluding hydrogens is 224 g/mol. The Bertz CT molecular complexity index is 398. The van der Waals surface area contributed by atoms with Gasteiger partial charge in [-0.15, -0.1) is 11.3 Å². The number of amides is 2. The molecule has 0 saturated carbocycles. The number of rotatable bonds is 4. The minimum absolute atomic E-state index is 0.0363. The van der Waals surface area contributed by atoms with Crippen molar-refractivity contribution in [2.24, 2.45) is 5.73 Å². The Balaban J connectivity index is 2.87. The summed E-state index contributed by atoms with van der Waals surface area (Å²) in [5.74, 6) is -0.632. The molecule has 1 aromatic heterocycles. The van der Waals surface area contributed by atoms with Crippen LogP contribution in [0.3, 0.4) is 0 Å². The van der Waals surface area contributed by atoms with Gasteiger partial charge in [0.25, 0.3) is 5.91 Å². The molecule has 16 heavy (non-hydrogen) atoms. The van der Waals surface area contributed by atoms with Crippen LogP contribution in [0.15, 0.2) is 11.4 Å². The monoisotopic (exact) mass is 240 g/mol. The molecule has 88 valence electrons. The molecule has 0 spiro atoms. The summed E-state index contributed by atoms with van der Waals surface area (Å²) in [6, 6.07) is 1.78. The fraction of sp³-hybridized carbons (Fsp3) is 0.455. The summed E-state index contributed by atoms with van der Waals surface area (Å²) in [6.45, 7) is 5.63. The quantitative estimate of drug-likeness (QED) is 0.864. The van der Waals surface area contributed by atoms with Crippen molar-refractivity contribution in [3.8, 4) is 0 Å². The van der Waals surface area contributed by atoms with E-state index in [0.717, 1.165) is 4.88 Å². The molecule has 2 N–H and O–H groups in total. The van der Waals surface area contributed by atoms with Crippen molar-refractivity contribution in [1.29, 1.82) is 0 Å². The lowest BCUT2D eigenvalue weighted by Crippen LogP contribution is -2.42. The lowest BCUT2D eigenvalue weighted by Gasteiger charge is -2.24. The zero-order valence-corrected chi connectivity index (χ0v) is 10.5. The van der Waals surface area contributed by atoms with Crippen molar-refractivity contribution in [1.82, 2.24) is 4.90 Å². The molecule has 0 aliphatic carbocycles. The van der Waals surface area contributed by atoms with Gasteiger partial charge in [-0.2, -0.15) is 0 Å². The molecule has 0 bridgehead atoms. The summed E-state index contributed by atoms with van der Waals surface area (Å²) in [5.41, 5.74) is 5.74. The first kappa shape index (κ1) is 12.7. The molecule has 0 aromatic carbocycles. The topological polar surface area (TPSA) is 63.4 Å². The third-order valence-electron chi connectivity index (χ3n) is 2.19. The van der Waals surface area contributed by atoms with Crippen LogP contribution in [-0.4, -0.2) is 29.3 Å². The van der Waals surface area contributed by atoms with Crippen LogP contribution in [0.2, 0.25) is 0 Å². The van der Waals surface area contributed by atoms with Crippen LogP contribution in [0.5, 0.6) is 0 Å². The number of hydrogen-bond donors (Lipinski definition) is 1. The van der Waals surface area contributed by atoms with Crippen molar-refractivity contribution < 1.29 is 9.59 Å². The molecule has 0 aliphatic rings. The fourth-order valence-corrected chi connectivity index (χ4v) is 2.05. The van der Waals surface area contributed by atoms with E-state index < -0.39 is 5.91 Å². The van der Waals surface area contributed by atoms with E-state index in [1.807, 2.05) is 26.8 Å². The third-order valence-corrected chi connectivity index (χ3v) is 3.05. The average molecular weight is 240 g/mol. The maximum absolute atomic E-state index is 12.1. The van der Waals surface area contributed by atoms with Crippen molar-refractivity contribution in [3.63, 3.8) is 0 Å². The predicted octanol–water partition coefficient (Wildman–Crippen LogP) is 1.39. The summed E-state index contributed by atoms with van der Waals surface area (Å²) < 4.78 is 0. The van der Waals surface area contributed by atoms with Gasteiger partial charge >= 0.3 is 0 Å². The van der Waals surface area contributed by atoms with Gasteiger partial charge in [-0.05, 0) is 26.8 Å². The summed E-state index contributed by atoms with van der Waals surface area (Å²) in [6.07, 6.45) is 0. The Labute approximate surface area is 99.0 Å². The van der Waals surface area contributed by atoms with Gasteiger partial charge < -0.3 is 10.6 Å². The Kier molecular flexibility index (Phi) is 4.06. The minimum Gasteiger partial charge on any atom is -0.368 e. The molecular formula is C11H16N2O2S. The molecule has 0 saturated heterocycles. The van der Waals surface area contributed by atoms with Gasteiger partial charge in [0.15, 0.2) is 0 Å². The standard InChI is InChI=1S/C11H16N2O2S/c1-7(2)13(5-10(12)14)11(15)9-4-8(3)16-6-9/h4,6-7H,5H2,1-3H3,(H2,12,14). The summed E-state index contributed by atoms with van der Waals surface area (Å²) in [7, 11) is 0. The molecule has 0 aliphatic heterocycles. The largest absolute Gasteiger partial charge is 0.368 e. The highest BCUT2D eigenvalue weighted by molar-refractivity contribution is 7.10. The Morgan fingerprint density at radius 3 is 2.50 bits per heavy atom. The van der Waals surface area contributed by atoms with Gasteiger partial charge in [0.1, 0.15) is 0 Å². The van der Waals surface area contributed by atoms with Crippen LogP contribution in [0.1, 0.15) is 29.1 Å². The second kappa shape index (κ2) is 5.12. The number of carbonyl (C=O) groups is 2. The van der Waals surface area contributed by atoms with E-state index in [4.69, 9.17) is 5.73 Å². The van der Waals surface area contributed by atoms with E-state index in [2.05, 4.69) is 0 Å². The van der Waals surface area contributed by atoms with Crippen LogP contribution < -0.4 is 5.73 Å².